The van der Waals surface area contributed by atoms with E-state index in [1.807, 2.05) is 11.0 Å². The zero-order valence-electron chi connectivity index (χ0n) is 16.7. The molecule has 2 aromatic carbocycles. The van der Waals surface area contributed by atoms with Gasteiger partial charge < -0.3 is 14.4 Å². The molecule has 1 amide bonds. The van der Waals surface area contributed by atoms with Crippen molar-refractivity contribution in [3.63, 3.8) is 0 Å². The Bertz CT molecular complexity index is 865. The molecule has 5 heteroatoms. The van der Waals surface area contributed by atoms with Crippen molar-refractivity contribution in [1.29, 1.82) is 0 Å². The minimum Gasteiger partial charge on any atom is -0.493 e. The van der Waals surface area contributed by atoms with Gasteiger partial charge in [0.1, 0.15) is 0 Å². The van der Waals surface area contributed by atoms with Gasteiger partial charge in [-0.15, -0.1) is 0 Å². The fourth-order valence-corrected chi connectivity index (χ4v) is 4.31. The van der Waals surface area contributed by atoms with Gasteiger partial charge in [-0.25, -0.2) is 0 Å². The third kappa shape index (κ3) is 3.72. The molecule has 5 nitrogen and oxygen atoms in total. The molecule has 0 aliphatic carbocycles. The number of carbonyl (C=O) groups is 1. The molecule has 2 heterocycles. The highest BCUT2D eigenvalue weighted by atomic mass is 16.5. The first-order valence-corrected chi connectivity index (χ1v) is 10.0. The third-order valence-electron chi connectivity index (χ3n) is 5.85. The maximum atomic E-state index is 12.9. The molecule has 2 aliphatic heterocycles. The first-order chi connectivity index (χ1) is 13.7. The Kier molecular flexibility index (Phi) is 5.53. The Hall–Kier alpha value is -2.53. The zero-order valence-corrected chi connectivity index (χ0v) is 16.7. The predicted octanol–water partition coefficient (Wildman–Crippen LogP) is 3.43. The average Bonchev–Trinajstić information content (AvgIpc) is 2.75. The van der Waals surface area contributed by atoms with E-state index in [0.717, 1.165) is 62.6 Å². The first-order valence-electron chi connectivity index (χ1n) is 10.0. The molecule has 2 aliphatic rings. The second-order valence-electron chi connectivity index (χ2n) is 7.53. The third-order valence-corrected chi connectivity index (χ3v) is 5.85. The number of nitrogens with zero attached hydrogens (tertiary/aromatic N) is 2. The molecular formula is C23H28N2O3. The van der Waals surface area contributed by atoms with Crippen molar-refractivity contribution in [1.82, 2.24) is 4.90 Å². The normalized spacial score (nSPS) is 16.3. The van der Waals surface area contributed by atoms with Gasteiger partial charge in [0.15, 0.2) is 11.5 Å². The van der Waals surface area contributed by atoms with Gasteiger partial charge in [0.05, 0.1) is 14.2 Å². The standard InChI is InChI=1S/C23H28N2O3/c1-27-21-14-18-9-12-24(16-19(18)15-22(21)28-2)13-10-23(26)25-11-5-7-17-6-3-4-8-20(17)25/h3-4,6,8,14-15H,5,7,9-13,16H2,1-2H3. The number of carbonyl (C=O) groups excluding carboxylic acids is 1. The van der Waals surface area contributed by atoms with Crippen LogP contribution in [0.3, 0.4) is 0 Å². The van der Waals surface area contributed by atoms with Crippen molar-refractivity contribution in [2.24, 2.45) is 0 Å². The number of methoxy groups -OCH3 is 2. The lowest BCUT2D eigenvalue weighted by Gasteiger charge is -2.32. The van der Waals surface area contributed by atoms with Crippen molar-refractivity contribution in [3.8, 4) is 11.5 Å². The van der Waals surface area contributed by atoms with E-state index in [0.29, 0.717) is 6.42 Å². The highest BCUT2D eigenvalue weighted by Gasteiger charge is 2.24. The molecule has 0 unspecified atom stereocenters. The summed E-state index contributed by atoms with van der Waals surface area (Å²) in [7, 11) is 3.34. The molecule has 0 saturated heterocycles. The van der Waals surface area contributed by atoms with Crippen LogP contribution in [0.1, 0.15) is 29.5 Å². The molecule has 148 valence electrons. The van der Waals surface area contributed by atoms with Gasteiger partial charge in [0, 0.05) is 38.3 Å². The monoisotopic (exact) mass is 380 g/mol. The molecule has 2 aromatic rings. The number of benzene rings is 2. The molecule has 0 radical (unpaired) electrons. The smallest absolute Gasteiger partial charge is 0.228 e. The van der Waals surface area contributed by atoms with Gasteiger partial charge in [-0.05, 0) is 54.2 Å². The van der Waals surface area contributed by atoms with Gasteiger partial charge in [0.2, 0.25) is 5.91 Å². The summed E-state index contributed by atoms with van der Waals surface area (Å²) in [5.74, 6) is 1.78. The molecule has 4 rings (SSSR count). The van der Waals surface area contributed by atoms with Crippen LogP contribution in [0.5, 0.6) is 11.5 Å². The van der Waals surface area contributed by atoms with Crippen LogP contribution in [0.15, 0.2) is 36.4 Å². The van der Waals surface area contributed by atoms with Crippen molar-refractivity contribution in [2.75, 3.05) is 38.8 Å². The van der Waals surface area contributed by atoms with Crippen LogP contribution in [0.4, 0.5) is 5.69 Å². The van der Waals surface area contributed by atoms with Gasteiger partial charge in [-0.2, -0.15) is 0 Å². The van der Waals surface area contributed by atoms with Crippen LogP contribution in [0.2, 0.25) is 0 Å². The lowest BCUT2D eigenvalue weighted by Crippen LogP contribution is -2.39. The average molecular weight is 380 g/mol. The molecule has 0 N–H and O–H groups in total. The van der Waals surface area contributed by atoms with Crippen LogP contribution >= 0.6 is 0 Å². The summed E-state index contributed by atoms with van der Waals surface area (Å²) < 4.78 is 10.9. The zero-order chi connectivity index (χ0) is 19.5. The van der Waals surface area contributed by atoms with Crippen molar-refractivity contribution in [3.05, 3.63) is 53.1 Å². The number of amides is 1. The van der Waals surface area contributed by atoms with Gasteiger partial charge in [0.25, 0.3) is 0 Å². The molecule has 0 saturated carbocycles. The number of anilines is 1. The Morgan fingerprint density at radius 1 is 0.964 bits per heavy atom. The summed E-state index contributed by atoms with van der Waals surface area (Å²) in [5, 5.41) is 0. The van der Waals surface area contributed by atoms with E-state index >= 15 is 0 Å². The van der Waals surface area contributed by atoms with E-state index in [4.69, 9.17) is 9.47 Å². The van der Waals surface area contributed by atoms with Crippen molar-refractivity contribution >= 4 is 11.6 Å². The number of aryl methyl sites for hydroxylation is 1. The Morgan fingerprint density at radius 3 is 2.50 bits per heavy atom. The highest BCUT2D eigenvalue weighted by Crippen LogP contribution is 2.33. The Labute approximate surface area is 166 Å². The fraction of sp³-hybridized carbons (Fsp3) is 0.435. The maximum absolute atomic E-state index is 12.9. The van der Waals surface area contributed by atoms with E-state index in [9.17, 15) is 4.79 Å². The molecular weight excluding hydrogens is 352 g/mol. The first kappa shape index (κ1) is 18.8. The minimum atomic E-state index is 0.227. The number of hydrogen-bond acceptors (Lipinski definition) is 4. The molecule has 0 bridgehead atoms. The van der Waals surface area contributed by atoms with E-state index in [-0.39, 0.29) is 5.91 Å². The lowest BCUT2D eigenvalue weighted by atomic mass is 9.98. The second kappa shape index (κ2) is 8.23. The van der Waals surface area contributed by atoms with Crippen molar-refractivity contribution in [2.45, 2.75) is 32.2 Å². The van der Waals surface area contributed by atoms with Crippen LogP contribution in [0.25, 0.3) is 0 Å². The van der Waals surface area contributed by atoms with Crippen LogP contribution in [-0.2, 0) is 24.2 Å². The SMILES string of the molecule is COc1cc2c(cc1OC)CN(CCC(=O)N1CCCc3ccccc31)CC2. The van der Waals surface area contributed by atoms with E-state index in [2.05, 4.69) is 35.2 Å². The maximum Gasteiger partial charge on any atom is 0.228 e. The van der Waals surface area contributed by atoms with Gasteiger partial charge in [-0.1, -0.05) is 18.2 Å². The molecule has 0 atom stereocenters. The molecule has 28 heavy (non-hydrogen) atoms. The molecule has 0 aromatic heterocycles. The number of rotatable bonds is 5. The quantitative estimate of drug-likeness (QED) is 0.797. The number of para-hydroxylation sites is 1. The van der Waals surface area contributed by atoms with E-state index in [1.54, 1.807) is 14.2 Å². The van der Waals surface area contributed by atoms with Crippen LogP contribution < -0.4 is 14.4 Å². The number of hydrogen-bond donors (Lipinski definition) is 0. The van der Waals surface area contributed by atoms with Crippen LogP contribution in [0, 0.1) is 0 Å². The Balaban J connectivity index is 1.40. The summed E-state index contributed by atoms with van der Waals surface area (Å²) in [5.41, 5.74) is 4.96. The summed E-state index contributed by atoms with van der Waals surface area (Å²) in [6, 6.07) is 12.4. The molecule has 0 spiro atoms. The molecule has 0 fully saturated rings. The second-order valence-corrected chi connectivity index (χ2v) is 7.53. The van der Waals surface area contributed by atoms with Crippen molar-refractivity contribution < 1.29 is 14.3 Å². The largest absolute Gasteiger partial charge is 0.493 e. The predicted molar refractivity (Wildman–Crippen MR) is 110 cm³/mol. The van der Waals surface area contributed by atoms with Crippen LogP contribution in [-0.4, -0.2) is 44.7 Å². The summed E-state index contributed by atoms with van der Waals surface area (Å²) in [6.07, 6.45) is 3.63. The van der Waals surface area contributed by atoms with Gasteiger partial charge >= 0.3 is 0 Å². The topological polar surface area (TPSA) is 42.0 Å². The highest BCUT2D eigenvalue weighted by molar-refractivity contribution is 5.94. The minimum absolute atomic E-state index is 0.227. The summed E-state index contributed by atoms with van der Waals surface area (Å²) >= 11 is 0. The number of fused-ring (bicyclic) bond motifs is 2. The lowest BCUT2D eigenvalue weighted by molar-refractivity contribution is -0.119. The van der Waals surface area contributed by atoms with E-state index < -0.39 is 0 Å². The van der Waals surface area contributed by atoms with E-state index in [1.165, 1.54) is 16.7 Å². The van der Waals surface area contributed by atoms with Gasteiger partial charge in [-0.3, -0.25) is 9.69 Å². The summed E-state index contributed by atoms with van der Waals surface area (Å²) in [4.78, 5) is 17.2. The Morgan fingerprint density at radius 2 is 1.71 bits per heavy atom. The number of ether oxygens (including phenoxy) is 2. The fourth-order valence-electron chi connectivity index (χ4n) is 4.31. The summed E-state index contributed by atoms with van der Waals surface area (Å²) in [6.45, 7) is 3.42.